The van der Waals surface area contributed by atoms with Crippen LogP contribution in [-0.2, 0) is 14.3 Å². The number of rotatable bonds is 7. The number of nitrogens with zero attached hydrogens (tertiary/aromatic N) is 2. The summed E-state index contributed by atoms with van der Waals surface area (Å²) >= 11 is 1.48. The Labute approximate surface area is 188 Å². The lowest BCUT2D eigenvalue weighted by Crippen LogP contribution is -2.39. The highest BCUT2D eigenvalue weighted by Gasteiger charge is 2.41. The second-order valence-corrected chi connectivity index (χ2v) is 9.09. The van der Waals surface area contributed by atoms with Crippen molar-refractivity contribution >= 4 is 28.8 Å². The first kappa shape index (κ1) is 23.1. The van der Waals surface area contributed by atoms with Gasteiger partial charge in [0.25, 0.3) is 0 Å². The number of ether oxygens (including phenoxy) is 1. The van der Waals surface area contributed by atoms with Gasteiger partial charge in [0.15, 0.2) is 5.17 Å². The number of carbonyl (C=O) groups is 2. The number of fused-ring (bicyclic) bond motifs is 1. The molecule has 0 spiro atoms. The number of benzene rings is 1. The van der Waals surface area contributed by atoms with Gasteiger partial charge in [-0.3, -0.25) is 4.79 Å². The predicted octanol–water partition coefficient (Wildman–Crippen LogP) is 4.83. The Morgan fingerprint density at radius 3 is 2.58 bits per heavy atom. The maximum atomic E-state index is 13.1. The summed E-state index contributed by atoms with van der Waals surface area (Å²) in [5, 5.41) is 5.77. The molecule has 0 unspecified atom stereocenters. The van der Waals surface area contributed by atoms with Crippen molar-refractivity contribution in [2.24, 2.45) is 4.99 Å². The van der Waals surface area contributed by atoms with Gasteiger partial charge in [-0.2, -0.15) is 0 Å². The minimum atomic E-state index is -0.391. The fourth-order valence-electron chi connectivity index (χ4n) is 3.69. The summed E-state index contributed by atoms with van der Waals surface area (Å²) in [7, 11) is 0. The van der Waals surface area contributed by atoms with Gasteiger partial charge in [0.2, 0.25) is 5.91 Å². The molecule has 1 N–H and O–H groups in total. The molecule has 0 fully saturated rings. The first-order valence-corrected chi connectivity index (χ1v) is 11.6. The number of aryl methyl sites for hydroxylation is 1. The smallest absolute Gasteiger partial charge is 0.338 e. The van der Waals surface area contributed by atoms with E-state index in [1.165, 1.54) is 11.8 Å². The lowest BCUT2D eigenvalue weighted by atomic mass is 9.91. The molecule has 6 nitrogen and oxygen atoms in total. The second-order valence-electron chi connectivity index (χ2n) is 8.26. The van der Waals surface area contributed by atoms with Crippen LogP contribution in [0.25, 0.3) is 0 Å². The molecule has 0 saturated heterocycles. The van der Waals surface area contributed by atoms with Crippen LogP contribution in [0, 0.1) is 6.92 Å². The van der Waals surface area contributed by atoms with Gasteiger partial charge >= 0.3 is 5.97 Å². The van der Waals surface area contributed by atoms with Crippen LogP contribution in [0.4, 0.5) is 0 Å². The number of carbonyl (C=O) groups excluding carboxylic acids is 2. The van der Waals surface area contributed by atoms with E-state index in [0.29, 0.717) is 11.3 Å². The number of esters is 1. The number of hydrogen-bond donors (Lipinski definition) is 1. The zero-order valence-corrected chi connectivity index (χ0v) is 19.9. The summed E-state index contributed by atoms with van der Waals surface area (Å²) in [4.78, 5) is 32.5. The second kappa shape index (κ2) is 9.73. The summed E-state index contributed by atoms with van der Waals surface area (Å²) < 4.78 is 5.59. The highest BCUT2D eigenvalue weighted by atomic mass is 32.2. The average molecular weight is 442 g/mol. The molecule has 0 saturated carbocycles. The van der Waals surface area contributed by atoms with Crippen molar-refractivity contribution in [2.75, 3.05) is 0 Å². The van der Waals surface area contributed by atoms with Gasteiger partial charge in [-0.15, -0.1) is 0 Å². The zero-order chi connectivity index (χ0) is 22.7. The SMILES string of the molecule is CC[C@@H](C)NC(=O)CC1=CSC2=NC(C)=C(C(=O)OC(C)C)[C@H](c3ccccc3C)N12. The number of hydrogen-bond acceptors (Lipinski definition) is 6. The highest BCUT2D eigenvalue weighted by Crippen LogP contribution is 2.45. The Morgan fingerprint density at radius 1 is 1.23 bits per heavy atom. The van der Waals surface area contributed by atoms with Crippen LogP contribution in [-0.4, -0.2) is 34.1 Å². The van der Waals surface area contributed by atoms with Crippen LogP contribution in [0.1, 0.15) is 64.6 Å². The molecule has 0 bridgehead atoms. The fraction of sp³-hybridized carbons (Fsp3) is 0.458. The molecule has 2 aliphatic rings. The van der Waals surface area contributed by atoms with Gasteiger partial charge in [0.1, 0.15) is 0 Å². The van der Waals surface area contributed by atoms with E-state index in [2.05, 4.69) is 5.32 Å². The number of aliphatic imine (C=N–C) groups is 1. The van der Waals surface area contributed by atoms with Crippen molar-refractivity contribution in [1.29, 1.82) is 0 Å². The van der Waals surface area contributed by atoms with Gasteiger partial charge in [0.05, 0.1) is 29.8 Å². The van der Waals surface area contributed by atoms with Crippen molar-refractivity contribution in [3.05, 3.63) is 57.8 Å². The molecule has 1 amide bonds. The van der Waals surface area contributed by atoms with E-state index < -0.39 is 6.04 Å². The monoisotopic (exact) mass is 441 g/mol. The average Bonchev–Trinajstić information content (AvgIpc) is 3.08. The van der Waals surface area contributed by atoms with E-state index in [9.17, 15) is 9.59 Å². The van der Waals surface area contributed by atoms with Crippen LogP contribution in [0.5, 0.6) is 0 Å². The molecule has 31 heavy (non-hydrogen) atoms. The lowest BCUT2D eigenvalue weighted by molar-refractivity contribution is -0.143. The minimum absolute atomic E-state index is 0.0384. The topological polar surface area (TPSA) is 71.0 Å². The van der Waals surface area contributed by atoms with Gasteiger partial charge in [-0.05, 0) is 57.6 Å². The molecular weight excluding hydrogens is 410 g/mol. The molecule has 0 aliphatic carbocycles. The standard InChI is InChI=1S/C24H31N3O3S/c1-7-16(5)25-20(28)12-18-13-31-24-26-17(6)21(23(29)30-14(2)3)22(27(18)24)19-11-9-8-10-15(19)4/h8-11,13-14,16,22H,7,12H2,1-6H3,(H,25,28)/t16-,22+/m1/s1. The van der Waals surface area contributed by atoms with Crippen LogP contribution in [0.2, 0.25) is 0 Å². The Hall–Kier alpha value is -2.54. The van der Waals surface area contributed by atoms with Crippen molar-refractivity contribution in [1.82, 2.24) is 10.2 Å². The summed E-state index contributed by atoms with van der Waals surface area (Å²) in [6.07, 6.45) is 0.860. The molecule has 7 heteroatoms. The van der Waals surface area contributed by atoms with Gasteiger partial charge in [0, 0.05) is 11.7 Å². The molecule has 1 aromatic carbocycles. The summed E-state index contributed by atoms with van der Waals surface area (Å²) in [6, 6.07) is 7.73. The zero-order valence-electron chi connectivity index (χ0n) is 19.1. The van der Waals surface area contributed by atoms with Crippen molar-refractivity contribution in [3.8, 4) is 0 Å². The molecular formula is C24H31N3O3S. The van der Waals surface area contributed by atoms with Gasteiger partial charge < -0.3 is 15.0 Å². The molecule has 2 aliphatic heterocycles. The van der Waals surface area contributed by atoms with E-state index in [1.807, 2.05) is 76.1 Å². The maximum absolute atomic E-state index is 13.1. The quantitative estimate of drug-likeness (QED) is 0.614. The summed E-state index contributed by atoms with van der Waals surface area (Å²) in [5.74, 6) is -0.410. The van der Waals surface area contributed by atoms with Crippen molar-refractivity contribution in [2.45, 2.75) is 72.6 Å². The predicted molar refractivity (Wildman–Crippen MR) is 125 cm³/mol. The Kier molecular flexibility index (Phi) is 7.26. The number of allylic oxidation sites excluding steroid dienone is 1. The van der Waals surface area contributed by atoms with E-state index in [0.717, 1.165) is 28.4 Å². The molecule has 2 atom stereocenters. The number of amidine groups is 1. The van der Waals surface area contributed by atoms with Crippen molar-refractivity contribution in [3.63, 3.8) is 0 Å². The van der Waals surface area contributed by atoms with Crippen LogP contribution in [0.15, 0.2) is 51.6 Å². The van der Waals surface area contributed by atoms with Gasteiger partial charge in [-0.25, -0.2) is 9.79 Å². The van der Waals surface area contributed by atoms with E-state index in [4.69, 9.17) is 9.73 Å². The molecule has 1 aromatic rings. The minimum Gasteiger partial charge on any atom is -0.459 e. The Balaban J connectivity index is 2.02. The molecule has 0 aromatic heterocycles. The number of nitrogens with one attached hydrogen (secondary N) is 1. The van der Waals surface area contributed by atoms with Gasteiger partial charge in [-0.1, -0.05) is 43.0 Å². The van der Waals surface area contributed by atoms with E-state index >= 15 is 0 Å². The Bertz CT molecular complexity index is 965. The molecule has 3 rings (SSSR count). The van der Waals surface area contributed by atoms with Crippen molar-refractivity contribution < 1.29 is 14.3 Å². The third kappa shape index (κ3) is 5.03. The first-order chi connectivity index (χ1) is 14.7. The lowest BCUT2D eigenvalue weighted by Gasteiger charge is -2.37. The van der Waals surface area contributed by atoms with E-state index in [-0.39, 0.29) is 30.4 Å². The van der Waals surface area contributed by atoms with Crippen LogP contribution < -0.4 is 5.32 Å². The first-order valence-electron chi connectivity index (χ1n) is 10.7. The maximum Gasteiger partial charge on any atom is 0.338 e. The largest absolute Gasteiger partial charge is 0.459 e. The van der Waals surface area contributed by atoms with Crippen LogP contribution in [0.3, 0.4) is 0 Å². The normalized spacial score (nSPS) is 19.1. The summed E-state index contributed by atoms with van der Waals surface area (Å²) in [5.41, 5.74) is 4.07. The molecule has 0 radical (unpaired) electrons. The third-order valence-corrected chi connectivity index (χ3v) is 6.30. The fourth-order valence-corrected chi connectivity index (χ4v) is 4.65. The van der Waals surface area contributed by atoms with E-state index in [1.54, 1.807) is 0 Å². The molecule has 166 valence electrons. The summed E-state index contributed by atoms with van der Waals surface area (Å²) in [6.45, 7) is 11.6. The van der Waals surface area contributed by atoms with Crippen LogP contribution >= 0.6 is 11.8 Å². The third-order valence-electron chi connectivity index (χ3n) is 5.41. The Morgan fingerprint density at radius 2 is 1.94 bits per heavy atom. The number of amides is 1. The molecule has 2 heterocycles. The number of thioether (sulfide) groups is 1. The highest BCUT2D eigenvalue weighted by molar-refractivity contribution is 8.16.